The van der Waals surface area contributed by atoms with Crippen LogP contribution >= 0.6 is 0 Å². The van der Waals surface area contributed by atoms with Crippen molar-refractivity contribution in [3.8, 4) is 0 Å². The largest absolute Gasteiger partial charge is 0.368 e. The standard InChI is InChI=1S/C18H27N3O5S2/c1-13-5-6-15(27(2,23)24)12-17(13)28(25,26)20-10-7-14(8-11-20)21-9-3-4-16(21)18(19)22/h5-6,12,14,16H,3-4,7-11H2,1-2H3,(H2,19,22). The number of aryl methyl sites for hydroxylation is 1. The van der Waals surface area contributed by atoms with Crippen LogP contribution in [0.25, 0.3) is 0 Å². The van der Waals surface area contributed by atoms with Gasteiger partial charge in [-0.2, -0.15) is 4.31 Å². The van der Waals surface area contributed by atoms with Gasteiger partial charge in [0.2, 0.25) is 15.9 Å². The molecular weight excluding hydrogens is 402 g/mol. The van der Waals surface area contributed by atoms with Crippen LogP contribution in [0, 0.1) is 6.92 Å². The molecule has 1 aromatic rings. The van der Waals surface area contributed by atoms with Crippen LogP contribution in [0.3, 0.4) is 0 Å². The highest BCUT2D eigenvalue weighted by molar-refractivity contribution is 7.91. The Balaban J connectivity index is 1.78. The maximum absolute atomic E-state index is 13.1. The van der Waals surface area contributed by atoms with E-state index in [2.05, 4.69) is 4.90 Å². The van der Waals surface area contributed by atoms with E-state index in [1.807, 2.05) is 0 Å². The predicted octanol–water partition coefficient (Wildman–Crippen LogP) is 0.501. The number of sulfonamides is 1. The summed E-state index contributed by atoms with van der Waals surface area (Å²) in [6.07, 6.45) is 3.97. The zero-order chi connectivity index (χ0) is 20.7. The van der Waals surface area contributed by atoms with Crippen molar-refractivity contribution in [2.45, 2.75) is 54.5 Å². The number of carbonyl (C=O) groups excluding carboxylic acids is 1. The number of nitrogens with zero attached hydrogens (tertiary/aromatic N) is 2. The molecule has 0 radical (unpaired) electrons. The molecule has 0 aliphatic carbocycles. The lowest BCUT2D eigenvalue weighted by atomic mass is 10.0. The van der Waals surface area contributed by atoms with E-state index < -0.39 is 19.9 Å². The quantitative estimate of drug-likeness (QED) is 0.728. The maximum Gasteiger partial charge on any atom is 0.243 e. The molecule has 2 heterocycles. The monoisotopic (exact) mass is 429 g/mol. The van der Waals surface area contributed by atoms with Crippen LogP contribution in [0.4, 0.5) is 0 Å². The number of rotatable bonds is 5. The van der Waals surface area contributed by atoms with Gasteiger partial charge in [-0.25, -0.2) is 16.8 Å². The Bertz CT molecular complexity index is 967. The van der Waals surface area contributed by atoms with Crippen LogP contribution in [0.5, 0.6) is 0 Å². The molecule has 10 heteroatoms. The van der Waals surface area contributed by atoms with E-state index in [0.29, 0.717) is 31.5 Å². The van der Waals surface area contributed by atoms with Crippen LogP contribution in [0.2, 0.25) is 0 Å². The van der Waals surface area contributed by atoms with Crippen molar-refractivity contribution in [2.24, 2.45) is 5.73 Å². The van der Waals surface area contributed by atoms with Gasteiger partial charge in [-0.05, 0) is 56.8 Å². The van der Waals surface area contributed by atoms with E-state index in [0.717, 1.165) is 25.6 Å². The SMILES string of the molecule is Cc1ccc(S(C)(=O)=O)cc1S(=O)(=O)N1CCC(N2CCCC2C(N)=O)CC1. The molecule has 1 amide bonds. The number of benzene rings is 1. The third-order valence-electron chi connectivity index (χ3n) is 5.72. The summed E-state index contributed by atoms with van der Waals surface area (Å²) in [4.78, 5) is 13.8. The first-order chi connectivity index (χ1) is 13.0. The zero-order valence-electron chi connectivity index (χ0n) is 16.2. The highest BCUT2D eigenvalue weighted by Crippen LogP contribution is 2.30. The van der Waals surface area contributed by atoms with Gasteiger partial charge in [-0.1, -0.05) is 6.07 Å². The molecule has 1 unspecified atom stereocenters. The summed E-state index contributed by atoms with van der Waals surface area (Å²) in [6.45, 7) is 3.13. The van der Waals surface area contributed by atoms with Crippen molar-refractivity contribution in [3.63, 3.8) is 0 Å². The molecular formula is C18H27N3O5S2. The van der Waals surface area contributed by atoms with Crippen molar-refractivity contribution >= 4 is 25.8 Å². The number of nitrogens with two attached hydrogens (primary N) is 1. The van der Waals surface area contributed by atoms with Gasteiger partial charge in [0.05, 0.1) is 15.8 Å². The highest BCUT2D eigenvalue weighted by atomic mass is 32.2. The topological polar surface area (TPSA) is 118 Å². The van der Waals surface area contributed by atoms with Gasteiger partial charge in [0.1, 0.15) is 0 Å². The Morgan fingerprint density at radius 2 is 1.71 bits per heavy atom. The Kier molecular flexibility index (Phi) is 5.86. The molecule has 1 atom stereocenters. The van der Waals surface area contributed by atoms with E-state index in [-0.39, 0.29) is 27.8 Å². The Labute approximate surface area is 166 Å². The lowest BCUT2D eigenvalue weighted by molar-refractivity contribution is -0.123. The van der Waals surface area contributed by atoms with Gasteiger partial charge < -0.3 is 5.73 Å². The van der Waals surface area contributed by atoms with Crippen molar-refractivity contribution in [3.05, 3.63) is 23.8 Å². The highest BCUT2D eigenvalue weighted by Gasteiger charge is 2.38. The van der Waals surface area contributed by atoms with Crippen LogP contribution in [-0.4, -0.2) is 69.9 Å². The summed E-state index contributed by atoms with van der Waals surface area (Å²) in [5.41, 5.74) is 6.01. The smallest absolute Gasteiger partial charge is 0.243 e. The first kappa shape index (κ1) is 21.2. The minimum absolute atomic E-state index is 0.00655. The van der Waals surface area contributed by atoms with Crippen molar-refractivity contribution in [1.29, 1.82) is 0 Å². The normalized spacial score (nSPS) is 23.1. The van der Waals surface area contributed by atoms with E-state index in [1.165, 1.54) is 22.5 Å². The zero-order valence-corrected chi connectivity index (χ0v) is 17.8. The summed E-state index contributed by atoms with van der Waals surface area (Å²) in [5.74, 6) is -0.319. The fourth-order valence-corrected chi connectivity index (χ4v) is 6.62. The Hall–Kier alpha value is -1.49. The molecule has 0 spiro atoms. The average Bonchev–Trinajstić information content (AvgIpc) is 3.11. The molecule has 0 aromatic heterocycles. The number of likely N-dealkylation sites (tertiary alicyclic amines) is 1. The number of primary amides is 1. The minimum Gasteiger partial charge on any atom is -0.368 e. The minimum atomic E-state index is -3.79. The first-order valence-corrected chi connectivity index (χ1v) is 12.7. The third-order valence-corrected chi connectivity index (χ3v) is 8.87. The van der Waals surface area contributed by atoms with Crippen molar-refractivity contribution in [2.75, 3.05) is 25.9 Å². The van der Waals surface area contributed by atoms with Gasteiger partial charge >= 0.3 is 0 Å². The van der Waals surface area contributed by atoms with E-state index in [4.69, 9.17) is 5.73 Å². The van der Waals surface area contributed by atoms with Crippen LogP contribution in [0.15, 0.2) is 28.0 Å². The van der Waals surface area contributed by atoms with Crippen LogP contribution in [0.1, 0.15) is 31.2 Å². The summed E-state index contributed by atoms with van der Waals surface area (Å²) < 4.78 is 51.3. The molecule has 0 saturated carbocycles. The lowest BCUT2D eigenvalue weighted by Crippen LogP contribution is -2.51. The third kappa shape index (κ3) is 4.10. The van der Waals surface area contributed by atoms with Gasteiger partial charge in [-0.15, -0.1) is 0 Å². The number of carbonyl (C=O) groups is 1. The summed E-state index contributed by atoms with van der Waals surface area (Å²) in [6, 6.07) is 4.07. The predicted molar refractivity (Wildman–Crippen MR) is 105 cm³/mol. The lowest BCUT2D eigenvalue weighted by Gasteiger charge is -2.38. The second-order valence-electron chi connectivity index (χ2n) is 7.63. The van der Waals surface area contributed by atoms with Gasteiger partial charge in [-0.3, -0.25) is 9.69 Å². The summed E-state index contributed by atoms with van der Waals surface area (Å²) in [5, 5.41) is 0. The second kappa shape index (κ2) is 7.74. The molecule has 3 rings (SSSR count). The van der Waals surface area contributed by atoms with E-state index in [9.17, 15) is 21.6 Å². The molecule has 1 aromatic carbocycles. The second-order valence-corrected chi connectivity index (χ2v) is 11.6. The fraction of sp³-hybridized carbons (Fsp3) is 0.611. The molecule has 2 fully saturated rings. The van der Waals surface area contributed by atoms with Gasteiger partial charge in [0.15, 0.2) is 9.84 Å². The Morgan fingerprint density at radius 3 is 2.29 bits per heavy atom. The fourth-order valence-electron chi connectivity index (χ4n) is 4.17. The molecule has 8 nitrogen and oxygen atoms in total. The molecule has 2 N–H and O–H groups in total. The average molecular weight is 430 g/mol. The number of sulfone groups is 1. The molecule has 156 valence electrons. The van der Waals surface area contributed by atoms with Gasteiger partial charge in [0, 0.05) is 25.4 Å². The van der Waals surface area contributed by atoms with Gasteiger partial charge in [0.25, 0.3) is 0 Å². The summed E-state index contributed by atoms with van der Waals surface area (Å²) in [7, 11) is -7.29. The summed E-state index contributed by atoms with van der Waals surface area (Å²) >= 11 is 0. The molecule has 2 aliphatic rings. The van der Waals surface area contributed by atoms with Crippen molar-refractivity contribution in [1.82, 2.24) is 9.21 Å². The maximum atomic E-state index is 13.1. The van der Waals surface area contributed by atoms with E-state index in [1.54, 1.807) is 6.92 Å². The van der Waals surface area contributed by atoms with Crippen LogP contribution < -0.4 is 5.73 Å². The number of piperidine rings is 1. The molecule has 28 heavy (non-hydrogen) atoms. The Morgan fingerprint density at radius 1 is 1.07 bits per heavy atom. The first-order valence-electron chi connectivity index (χ1n) is 9.38. The molecule has 2 saturated heterocycles. The number of hydrogen-bond donors (Lipinski definition) is 1. The van der Waals surface area contributed by atoms with E-state index >= 15 is 0 Å². The number of amides is 1. The molecule has 2 aliphatic heterocycles. The van der Waals surface area contributed by atoms with Crippen molar-refractivity contribution < 1.29 is 21.6 Å². The van der Waals surface area contributed by atoms with Crippen LogP contribution in [-0.2, 0) is 24.7 Å². The number of hydrogen-bond acceptors (Lipinski definition) is 6. The molecule has 0 bridgehead atoms.